The molecule has 2 aromatic rings. The van der Waals surface area contributed by atoms with Crippen molar-refractivity contribution in [2.45, 2.75) is 51.0 Å². The second kappa shape index (κ2) is 5.87. The molecule has 1 saturated carbocycles. The van der Waals surface area contributed by atoms with Crippen molar-refractivity contribution in [2.24, 2.45) is 5.92 Å². The first-order chi connectivity index (χ1) is 12.3. The van der Waals surface area contributed by atoms with Crippen molar-refractivity contribution in [3.63, 3.8) is 0 Å². The van der Waals surface area contributed by atoms with Crippen LogP contribution in [-0.2, 0) is 10.3 Å². The average Bonchev–Trinajstić information content (AvgIpc) is 2.89. The summed E-state index contributed by atoms with van der Waals surface area (Å²) in [5, 5.41) is 2.26. The molecule has 1 unspecified atom stereocenters. The van der Waals surface area contributed by atoms with Crippen molar-refractivity contribution in [3.05, 3.63) is 23.8 Å². The quantitative estimate of drug-likeness (QED) is 0.770. The van der Waals surface area contributed by atoms with Crippen LogP contribution in [0.15, 0.2) is 12.1 Å². The third-order valence-corrected chi connectivity index (χ3v) is 4.57. The number of amides is 1. The van der Waals surface area contributed by atoms with Gasteiger partial charge < -0.3 is 4.57 Å². The van der Waals surface area contributed by atoms with Gasteiger partial charge in [0.25, 0.3) is 0 Å². The maximum absolute atomic E-state index is 14.3. The number of nitrogens with one attached hydrogen (secondary N) is 1. The van der Waals surface area contributed by atoms with E-state index < -0.39 is 53.7 Å². The zero-order valence-electron chi connectivity index (χ0n) is 14.7. The van der Waals surface area contributed by atoms with Crippen molar-refractivity contribution in [1.29, 1.82) is 0 Å². The van der Waals surface area contributed by atoms with Gasteiger partial charge in [0.15, 0.2) is 11.6 Å². The highest BCUT2D eigenvalue weighted by Crippen LogP contribution is 2.56. The molecule has 27 heavy (non-hydrogen) atoms. The summed E-state index contributed by atoms with van der Waals surface area (Å²) in [6, 6.07) is 2.09. The number of nitrogens with zero attached hydrogens (tertiary/aromatic N) is 2. The Morgan fingerprint density at radius 1 is 1.26 bits per heavy atom. The second-order valence-corrected chi connectivity index (χ2v) is 7.65. The Balaban J connectivity index is 1.91. The molecule has 0 radical (unpaired) electrons. The number of aromatic nitrogens is 2. The Hall–Kier alpha value is -2.26. The Kier molecular flexibility index (Phi) is 4.24. The molecule has 0 spiro atoms. The predicted molar refractivity (Wildman–Crippen MR) is 85.9 cm³/mol. The number of rotatable bonds is 3. The fourth-order valence-corrected chi connectivity index (χ4v) is 3.18. The predicted octanol–water partition coefficient (Wildman–Crippen LogP) is 4.69. The summed E-state index contributed by atoms with van der Waals surface area (Å²) in [6.07, 6.45) is -1.93. The third kappa shape index (κ3) is 3.04. The Morgan fingerprint density at radius 3 is 2.41 bits per heavy atom. The van der Waals surface area contributed by atoms with E-state index >= 15 is 0 Å². The Bertz CT molecular complexity index is 916. The van der Waals surface area contributed by atoms with Crippen molar-refractivity contribution < 1.29 is 31.1 Å². The summed E-state index contributed by atoms with van der Waals surface area (Å²) >= 11 is 0. The average molecular weight is 393 g/mol. The maximum Gasteiger partial charge on any atom is 0.313 e. The second-order valence-electron chi connectivity index (χ2n) is 7.65. The summed E-state index contributed by atoms with van der Waals surface area (Å²) in [5.74, 6) is -13.6. The first-order valence-electron chi connectivity index (χ1n) is 8.18. The van der Waals surface area contributed by atoms with Crippen molar-refractivity contribution in [2.75, 3.05) is 5.32 Å². The molecule has 1 aliphatic rings. The van der Waals surface area contributed by atoms with E-state index in [1.165, 1.54) is 10.6 Å². The first kappa shape index (κ1) is 19.5. The number of carbonyl (C=O) groups is 1. The number of carbonyl (C=O) groups excluding carboxylic acids is 1. The fraction of sp³-hybridized carbons (Fsp3) is 0.529. The lowest BCUT2D eigenvalue weighted by Gasteiger charge is -2.43. The van der Waals surface area contributed by atoms with Crippen LogP contribution in [0.1, 0.15) is 33.6 Å². The van der Waals surface area contributed by atoms with Crippen LogP contribution in [0.2, 0.25) is 0 Å². The van der Waals surface area contributed by atoms with E-state index in [0.717, 1.165) is 6.07 Å². The number of hydrogen-bond acceptors (Lipinski definition) is 2. The van der Waals surface area contributed by atoms with Crippen molar-refractivity contribution >= 4 is 22.9 Å². The van der Waals surface area contributed by atoms with Gasteiger partial charge in [-0.3, -0.25) is 10.1 Å². The van der Waals surface area contributed by atoms with Crippen LogP contribution in [0.3, 0.4) is 0 Å². The van der Waals surface area contributed by atoms with Gasteiger partial charge in [-0.1, -0.05) is 0 Å². The molecule has 1 N–H and O–H groups in total. The first-order valence-corrected chi connectivity index (χ1v) is 8.18. The number of hydrogen-bond donors (Lipinski definition) is 1. The lowest BCUT2D eigenvalue weighted by Crippen LogP contribution is -2.59. The molecule has 1 atom stereocenters. The smallest absolute Gasteiger partial charge is 0.302 e. The number of imidazole rings is 1. The van der Waals surface area contributed by atoms with E-state index in [2.05, 4.69) is 10.3 Å². The van der Waals surface area contributed by atoms with Gasteiger partial charge in [-0.2, -0.15) is 17.6 Å². The largest absolute Gasteiger partial charge is 0.313 e. The molecule has 1 heterocycles. The fourth-order valence-electron chi connectivity index (χ4n) is 3.18. The molecule has 3 rings (SSSR count). The SMILES string of the molecule is CC(C)(C)n1c(NC(=O)CC2CC(F)(F)C2(F)F)nc2ccc(F)c(F)c21. The minimum absolute atomic E-state index is 0.0552. The van der Waals surface area contributed by atoms with Gasteiger partial charge in [-0.25, -0.2) is 13.8 Å². The molecular weight excluding hydrogens is 376 g/mol. The molecule has 0 aliphatic heterocycles. The lowest BCUT2D eigenvalue weighted by molar-refractivity contribution is -0.313. The highest BCUT2D eigenvalue weighted by atomic mass is 19.3. The molecule has 4 nitrogen and oxygen atoms in total. The zero-order valence-corrected chi connectivity index (χ0v) is 14.7. The van der Waals surface area contributed by atoms with E-state index in [0.29, 0.717) is 0 Å². The lowest BCUT2D eigenvalue weighted by atomic mass is 9.74. The molecule has 1 amide bonds. The highest BCUT2D eigenvalue weighted by molar-refractivity contribution is 5.92. The van der Waals surface area contributed by atoms with E-state index in [9.17, 15) is 31.1 Å². The number of alkyl halides is 4. The van der Waals surface area contributed by atoms with Crippen LogP contribution in [0.4, 0.5) is 32.3 Å². The molecular formula is C17H17F6N3O. The summed E-state index contributed by atoms with van der Waals surface area (Å²) in [5.41, 5.74) is -0.989. The maximum atomic E-state index is 14.3. The van der Waals surface area contributed by atoms with Gasteiger partial charge in [0.05, 0.1) is 5.52 Å². The number of fused-ring (bicyclic) bond motifs is 1. The van der Waals surface area contributed by atoms with E-state index in [4.69, 9.17) is 0 Å². The summed E-state index contributed by atoms with van der Waals surface area (Å²) < 4.78 is 81.7. The summed E-state index contributed by atoms with van der Waals surface area (Å²) in [6.45, 7) is 4.94. The Morgan fingerprint density at radius 2 is 1.89 bits per heavy atom. The zero-order chi connectivity index (χ0) is 20.4. The molecule has 1 aromatic carbocycles. The van der Waals surface area contributed by atoms with Crippen LogP contribution in [0.5, 0.6) is 0 Å². The third-order valence-electron chi connectivity index (χ3n) is 4.57. The summed E-state index contributed by atoms with van der Waals surface area (Å²) in [4.78, 5) is 16.1. The normalized spacial score (nSPS) is 21.1. The molecule has 148 valence electrons. The van der Waals surface area contributed by atoms with Crippen LogP contribution < -0.4 is 5.32 Å². The highest BCUT2D eigenvalue weighted by Gasteiger charge is 2.71. The van der Waals surface area contributed by atoms with Crippen LogP contribution in [0.25, 0.3) is 11.0 Å². The van der Waals surface area contributed by atoms with Gasteiger partial charge in [-0.15, -0.1) is 0 Å². The molecule has 0 bridgehead atoms. The number of anilines is 1. The van der Waals surface area contributed by atoms with Gasteiger partial charge in [0.1, 0.15) is 5.52 Å². The van der Waals surface area contributed by atoms with E-state index in [-0.39, 0.29) is 17.0 Å². The van der Waals surface area contributed by atoms with Crippen molar-refractivity contribution in [3.8, 4) is 0 Å². The van der Waals surface area contributed by atoms with Crippen molar-refractivity contribution in [1.82, 2.24) is 9.55 Å². The molecule has 1 fully saturated rings. The minimum atomic E-state index is -4.26. The molecule has 10 heteroatoms. The van der Waals surface area contributed by atoms with Crippen LogP contribution >= 0.6 is 0 Å². The van der Waals surface area contributed by atoms with E-state index in [1.807, 2.05) is 0 Å². The Labute approximate surface area is 150 Å². The molecule has 0 saturated heterocycles. The number of halogens is 6. The van der Waals surface area contributed by atoms with Crippen LogP contribution in [-0.4, -0.2) is 27.3 Å². The minimum Gasteiger partial charge on any atom is -0.302 e. The van der Waals surface area contributed by atoms with Gasteiger partial charge in [0.2, 0.25) is 11.9 Å². The monoisotopic (exact) mass is 393 g/mol. The van der Waals surface area contributed by atoms with Gasteiger partial charge >= 0.3 is 11.8 Å². The molecule has 1 aromatic heterocycles. The van der Waals surface area contributed by atoms with E-state index in [1.54, 1.807) is 20.8 Å². The topological polar surface area (TPSA) is 46.9 Å². The summed E-state index contributed by atoms with van der Waals surface area (Å²) in [7, 11) is 0. The standard InChI is InChI=1S/C17H17F6N3O/c1-15(2,3)26-13-10(5-4-9(18)12(13)19)24-14(26)25-11(27)6-8-7-16(20,21)17(8,22)23/h4-5,8H,6-7H2,1-3H3,(H,24,25,27). The van der Waals surface area contributed by atoms with Crippen LogP contribution in [0, 0.1) is 17.6 Å². The molecule has 1 aliphatic carbocycles. The van der Waals surface area contributed by atoms with Gasteiger partial charge in [0, 0.05) is 24.3 Å². The number of benzene rings is 1. The van der Waals surface area contributed by atoms with Gasteiger partial charge in [-0.05, 0) is 32.9 Å².